The number of aliphatic hydroxyl groups excluding tert-OH is 1. The Hall–Kier alpha value is -1.14. The maximum absolute atomic E-state index is 11.5. The Labute approximate surface area is 101 Å². The molecule has 0 bridgehead atoms. The Morgan fingerprint density at radius 3 is 2.76 bits per heavy atom. The minimum atomic E-state index is -0.464. The number of likely N-dealkylation sites (N-methyl/N-ethyl adjacent to an activating group) is 1. The van der Waals surface area contributed by atoms with Crippen molar-refractivity contribution in [2.24, 2.45) is 0 Å². The first kappa shape index (κ1) is 13.9. The quantitative estimate of drug-likeness (QED) is 0.614. The summed E-state index contributed by atoms with van der Waals surface area (Å²) in [5.41, 5.74) is 0. The van der Waals surface area contributed by atoms with Gasteiger partial charge < -0.3 is 20.1 Å². The molecule has 0 radical (unpaired) electrons. The monoisotopic (exact) mass is 244 g/mol. The topological polar surface area (TPSA) is 78.9 Å². The number of amides is 1. The van der Waals surface area contributed by atoms with E-state index in [9.17, 15) is 14.7 Å². The van der Waals surface area contributed by atoms with Gasteiger partial charge in [-0.15, -0.1) is 0 Å². The molecule has 0 aliphatic carbocycles. The number of likely N-dealkylation sites (tertiary alicyclic amines) is 1. The SMILES string of the molecule is CCOC(=O)CNC(=O)C[C@@H]1[C@@H](O)CCN1C. The summed E-state index contributed by atoms with van der Waals surface area (Å²) >= 11 is 0. The molecular formula is C11H20N2O4. The van der Waals surface area contributed by atoms with E-state index in [0.29, 0.717) is 13.0 Å². The van der Waals surface area contributed by atoms with Gasteiger partial charge in [0.05, 0.1) is 12.7 Å². The van der Waals surface area contributed by atoms with Crippen LogP contribution in [0.3, 0.4) is 0 Å². The van der Waals surface area contributed by atoms with Gasteiger partial charge in [0.1, 0.15) is 6.54 Å². The predicted octanol–water partition coefficient (Wildman–Crippen LogP) is -0.879. The van der Waals surface area contributed by atoms with E-state index in [0.717, 1.165) is 6.54 Å². The molecule has 2 N–H and O–H groups in total. The second-order valence-electron chi connectivity index (χ2n) is 4.19. The standard InChI is InChI=1S/C11H20N2O4/c1-3-17-11(16)7-12-10(15)6-8-9(14)4-5-13(8)2/h8-9,14H,3-7H2,1-2H3,(H,12,15)/t8-,9+/m1/s1. The van der Waals surface area contributed by atoms with Crippen LogP contribution < -0.4 is 5.32 Å². The van der Waals surface area contributed by atoms with Gasteiger partial charge in [0.15, 0.2) is 0 Å². The number of nitrogens with one attached hydrogen (secondary N) is 1. The largest absolute Gasteiger partial charge is 0.465 e. The Bertz CT molecular complexity index is 273. The highest BCUT2D eigenvalue weighted by Gasteiger charge is 2.31. The first-order chi connectivity index (χ1) is 8.04. The van der Waals surface area contributed by atoms with E-state index >= 15 is 0 Å². The van der Waals surface area contributed by atoms with Crippen LogP contribution in [-0.4, -0.2) is 60.8 Å². The first-order valence-corrected chi connectivity index (χ1v) is 5.85. The summed E-state index contributed by atoms with van der Waals surface area (Å²) in [4.78, 5) is 24.5. The van der Waals surface area contributed by atoms with Crippen molar-refractivity contribution < 1.29 is 19.4 Å². The van der Waals surface area contributed by atoms with E-state index in [2.05, 4.69) is 5.32 Å². The van der Waals surface area contributed by atoms with Crippen LogP contribution in [0.25, 0.3) is 0 Å². The third kappa shape index (κ3) is 4.32. The molecule has 0 aromatic carbocycles. The van der Waals surface area contributed by atoms with E-state index in [1.165, 1.54) is 0 Å². The summed E-state index contributed by atoms with van der Waals surface area (Å²) in [6.07, 6.45) is 0.428. The molecule has 1 saturated heterocycles. The van der Waals surface area contributed by atoms with Crippen LogP contribution in [0.5, 0.6) is 0 Å². The molecule has 0 unspecified atom stereocenters. The van der Waals surface area contributed by atoms with Crippen LogP contribution in [0, 0.1) is 0 Å². The van der Waals surface area contributed by atoms with Crippen LogP contribution in [0.15, 0.2) is 0 Å². The molecule has 0 spiro atoms. The van der Waals surface area contributed by atoms with Crippen LogP contribution >= 0.6 is 0 Å². The molecular weight excluding hydrogens is 224 g/mol. The average Bonchev–Trinajstić information content (AvgIpc) is 2.58. The third-order valence-corrected chi connectivity index (χ3v) is 2.92. The Morgan fingerprint density at radius 1 is 1.53 bits per heavy atom. The van der Waals surface area contributed by atoms with Crippen molar-refractivity contribution in [1.82, 2.24) is 10.2 Å². The fourth-order valence-corrected chi connectivity index (χ4v) is 1.92. The maximum atomic E-state index is 11.5. The molecule has 0 aromatic heterocycles. The van der Waals surface area contributed by atoms with E-state index < -0.39 is 12.1 Å². The van der Waals surface area contributed by atoms with Gasteiger partial charge in [-0.3, -0.25) is 9.59 Å². The second-order valence-corrected chi connectivity index (χ2v) is 4.19. The van der Waals surface area contributed by atoms with Crippen molar-refractivity contribution in [3.8, 4) is 0 Å². The van der Waals surface area contributed by atoms with Gasteiger partial charge in [-0.05, 0) is 20.4 Å². The number of hydrogen-bond donors (Lipinski definition) is 2. The zero-order chi connectivity index (χ0) is 12.8. The van der Waals surface area contributed by atoms with Crippen LogP contribution in [0.4, 0.5) is 0 Å². The molecule has 1 rings (SSSR count). The average molecular weight is 244 g/mol. The van der Waals surface area contributed by atoms with Crippen molar-refractivity contribution in [2.75, 3.05) is 26.7 Å². The van der Waals surface area contributed by atoms with Gasteiger partial charge in [0, 0.05) is 19.0 Å². The number of esters is 1. The lowest BCUT2D eigenvalue weighted by molar-refractivity contribution is -0.143. The summed E-state index contributed by atoms with van der Waals surface area (Å²) < 4.78 is 4.69. The molecule has 6 heteroatoms. The van der Waals surface area contributed by atoms with Crippen molar-refractivity contribution in [2.45, 2.75) is 31.9 Å². The fraction of sp³-hybridized carbons (Fsp3) is 0.818. The van der Waals surface area contributed by atoms with Crippen LogP contribution in [0.1, 0.15) is 19.8 Å². The number of carbonyl (C=O) groups is 2. The Morgan fingerprint density at radius 2 is 2.24 bits per heavy atom. The zero-order valence-electron chi connectivity index (χ0n) is 10.3. The van der Waals surface area contributed by atoms with E-state index in [1.807, 2.05) is 11.9 Å². The number of aliphatic hydroxyl groups is 1. The summed E-state index contributed by atoms with van der Waals surface area (Å²) in [6, 6.07) is -0.155. The number of ether oxygens (including phenoxy) is 1. The predicted molar refractivity (Wildman–Crippen MR) is 61.3 cm³/mol. The minimum absolute atomic E-state index is 0.112. The number of hydrogen-bond acceptors (Lipinski definition) is 5. The van der Waals surface area contributed by atoms with Gasteiger partial charge in [-0.2, -0.15) is 0 Å². The van der Waals surface area contributed by atoms with E-state index in [-0.39, 0.29) is 24.9 Å². The Balaban J connectivity index is 2.27. The summed E-state index contributed by atoms with van der Waals surface area (Å²) in [6.45, 7) is 2.69. The number of carbonyl (C=O) groups excluding carboxylic acids is 2. The molecule has 6 nitrogen and oxygen atoms in total. The molecule has 1 fully saturated rings. The number of nitrogens with zero attached hydrogens (tertiary/aromatic N) is 1. The first-order valence-electron chi connectivity index (χ1n) is 5.85. The third-order valence-electron chi connectivity index (χ3n) is 2.92. The van der Waals surface area contributed by atoms with Gasteiger partial charge >= 0.3 is 5.97 Å². The van der Waals surface area contributed by atoms with Crippen molar-refractivity contribution in [1.29, 1.82) is 0 Å². The highest BCUT2D eigenvalue weighted by molar-refractivity contribution is 5.82. The van der Waals surface area contributed by atoms with Gasteiger partial charge in [0.25, 0.3) is 0 Å². The highest BCUT2D eigenvalue weighted by atomic mass is 16.5. The van der Waals surface area contributed by atoms with Crippen molar-refractivity contribution in [3.63, 3.8) is 0 Å². The van der Waals surface area contributed by atoms with Gasteiger partial charge in [-0.25, -0.2) is 0 Å². The number of rotatable bonds is 5. The van der Waals surface area contributed by atoms with Crippen molar-refractivity contribution in [3.05, 3.63) is 0 Å². The van der Waals surface area contributed by atoms with Crippen LogP contribution in [-0.2, 0) is 14.3 Å². The normalized spacial score (nSPS) is 24.6. The summed E-state index contributed by atoms with van der Waals surface area (Å²) in [5.74, 6) is -0.683. The maximum Gasteiger partial charge on any atom is 0.325 e. The minimum Gasteiger partial charge on any atom is -0.465 e. The van der Waals surface area contributed by atoms with Crippen molar-refractivity contribution >= 4 is 11.9 Å². The van der Waals surface area contributed by atoms with Gasteiger partial charge in [-0.1, -0.05) is 0 Å². The molecule has 1 aliphatic heterocycles. The molecule has 1 aliphatic rings. The van der Waals surface area contributed by atoms with Gasteiger partial charge in [0.2, 0.25) is 5.91 Å². The molecule has 0 aromatic rings. The lowest BCUT2D eigenvalue weighted by atomic mass is 10.1. The Kier molecular flexibility index (Phi) is 5.37. The summed E-state index contributed by atoms with van der Waals surface area (Å²) in [7, 11) is 1.87. The molecule has 0 saturated carbocycles. The summed E-state index contributed by atoms with van der Waals surface area (Å²) in [5, 5.41) is 12.1. The lowest BCUT2D eigenvalue weighted by Crippen LogP contribution is -2.39. The molecule has 2 atom stereocenters. The zero-order valence-corrected chi connectivity index (χ0v) is 10.3. The fourth-order valence-electron chi connectivity index (χ4n) is 1.92. The van der Waals surface area contributed by atoms with E-state index in [1.54, 1.807) is 6.92 Å². The smallest absolute Gasteiger partial charge is 0.325 e. The molecule has 1 amide bonds. The lowest BCUT2D eigenvalue weighted by Gasteiger charge is -2.21. The molecule has 98 valence electrons. The van der Waals surface area contributed by atoms with Crippen LogP contribution in [0.2, 0.25) is 0 Å². The van der Waals surface area contributed by atoms with E-state index in [4.69, 9.17) is 4.74 Å². The molecule has 1 heterocycles. The second kappa shape index (κ2) is 6.56. The highest BCUT2D eigenvalue weighted by Crippen LogP contribution is 2.18. The molecule has 17 heavy (non-hydrogen) atoms.